The van der Waals surface area contributed by atoms with Gasteiger partial charge in [0, 0.05) is 13.0 Å². The van der Waals surface area contributed by atoms with E-state index in [1.54, 1.807) is 7.11 Å². The molecule has 0 saturated carbocycles. The minimum Gasteiger partial charge on any atom is -0.495 e. The van der Waals surface area contributed by atoms with Crippen LogP contribution in [0.5, 0.6) is 11.5 Å². The molecule has 24 heavy (non-hydrogen) atoms. The van der Waals surface area contributed by atoms with Crippen molar-refractivity contribution in [3.05, 3.63) is 53.6 Å². The molecular formula is C19H25N3O2. The number of hydrogen-bond donors (Lipinski definition) is 2. The molecule has 0 unspecified atom stereocenters. The third-order valence-corrected chi connectivity index (χ3v) is 3.61. The SMILES string of the molecule is COc1ccccc1NC(N)=NCCCOc1c(C)cccc1C. The highest BCUT2D eigenvalue weighted by molar-refractivity contribution is 5.93. The average Bonchev–Trinajstić information content (AvgIpc) is 2.57. The minimum atomic E-state index is 0.367. The van der Waals surface area contributed by atoms with Crippen molar-refractivity contribution in [1.82, 2.24) is 0 Å². The monoisotopic (exact) mass is 327 g/mol. The molecule has 2 aromatic rings. The Balaban J connectivity index is 1.79. The van der Waals surface area contributed by atoms with E-state index >= 15 is 0 Å². The Morgan fingerprint density at radius 3 is 2.50 bits per heavy atom. The lowest BCUT2D eigenvalue weighted by atomic mass is 10.1. The van der Waals surface area contributed by atoms with Gasteiger partial charge in [-0.05, 0) is 37.1 Å². The van der Waals surface area contributed by atoms with Gasteiger partial charge in [-0.25, -0.2) is 0 Å². The number of methoxy groups -OCH3 is 1. The number of aliphatic imine (C=N–C) groups is 1. The van der Waals surface area contributed by atoms with E-state index in [-0.39, 0.29) is 0 Å². The van der Waals surface area contributed by atoms with E-state index in [1.807, 2.05) is 30.3 Å². The molecule has 0 aliphatic carbocycles. The number of benzene rings is 2. The van der Waals surface area contributed by atoms with Crippen molar-refractivity contribution in [3.63, 3.8) is 0 Å². The van der Waals surface area contributed by atoms with Gasteiger partial charge >= 0.3 is 0 Å². The lowest BCUT2D eigenvalue weighted by Gasteiger charge is -2.12. The maximum absolute atomic E-state index is 5.91. The van der Waals surface area contributed by atoms with E-state index in [9.17, 15) is 0 Å². The smallest absolute Gasteiger partial charge is 0.193 e. The quantitative estimate of drug-likeness (QED) is 0.464. The van der Waals surface area contributed by atoms with Crippen LogP contribution in [0.4, 0.5) is 5.69 Å². The first-order valence-corrected chi connectivity index (χ1v) is 8.01. The Labute approximate surface area is 143 Å². The number of ether oxygens (including phenoxy) is 2. The predicted octanol–water partition coefficient (Wildman–Crippen LogP) is 3.51. The van der Waals surface area contributed by atoms with Gasteiger partial charge in [0.2, 0.25) is 0 Å². The summed E-state index contributed by atoms with van der Waals surface area (Å²) in [6.07, 6.45) is 0.794. The van der Waals surface area contributed by atoms with E-state index < -0.39 is 0 Å². The van der Waals surface area contributed by atoms with Gasteiger partial charge in [-0.3, -0.25) is 4.99 Å². The van der Waals surface area contributed by atoms with Crippen molar-refractivity contribution in [2.45, 2.75) is 20.3 Å². The zero-order chi connectivity index (χ0) is 17.4. The fourth-order valence-electron chi connectivity index (χ4n) is 2.39. The molecule has 5 nitrogen and oxygen atoms in total. The number of hydrogen-bond acceptors (Lipinski definition) is 3. The Hall–Kier alpha value is -2.69. The molecule has 0 aromatic heterocycles. The second kappa shape index (κ2) is 8.82. The van der Waals surface area contributed by atoms with Crippen LogP contribution in [-0.4, -0.2) is 26.2 Å². The van der Waals surface area contributed by atoms with E-state index in [4.69, 9.17) is 15.2 Å². The topological polar surface area (TPSA) is 68.9 Å². The van der Waals surface area contributed by atoms with Crippen LogP contribution in [0.15, 0.2) is 47.5 Å². The van der Waals surface area contributed by atoms with Crippen molar-refractivity contribution in [2.75, 3.05) is 25.6 Å². The number of nitrogens with one attached hydrogen (secondary N) is 1. The molecule has 5 heteroatoms. The molecule has 0 atom stereocenters. The fraction of sp³-hybridized carbons (Fsp3) is 0.316. The summed E-state index contributed by atoms with van der Waals surface area (Å²) >= 11 is 0. The van der Waals surface area contributed by atoms with E-state index in [0.29, 0.717) is 19.1 Å². The molecule has 2 rings (SSSR count). The Morgan fingerprint density at radius 2 is 1.79 bits per heavy atom. The van der Waals surface area contributed by atoms with Crippen molar-refractivity contribution in [1.29, 1.82) is 0 Å². The number of nitrogens with zero attached hydrogens (tertiary/aromatic N) is 1. The molecule has 0 amide bonds. The molecule has 0 saturated heterocycles. The van der Waals surface area contributed by atoms with E-state index in [0.717, 1.165) is 34.7 Å². The number of rotatable bonds is 7. The summed E-state index contributed by atoms with van der Waals surface area (Å²) in [6, 6.07) is 13.7. The Bertz CT molecular complexity index is 679. The molecule has 3 N–H and O–H groups in total. The Kier molecular flexibility index (Phi) is 6.49. The van der Waals surface area contributed by atoms with Crippen molar-refractivity contribution in [2.24, 2.45) is 10.7 Å². The molecule has 128 valence electrons. The number of aryl methyl sites for hydroxylation is 2. The lowest BCUT2D eigenvalue weighted by molar-refractivity contribution is 0.309. The third kappa shape index (κ3) is 4.91. The molecule has 0 heterocycles. The second-order valence-electron chi connectivity index (χ2n) is 5.52. The first-order chi connectivity index (χ1) is 11.6. The standard InChI is InChI=1S/C19H25N3O2/c1-14-8-6-9-15(2)18(14)24-13-7-12-21-19(20)22-16-10-4-5-11-17(16)23-3/h4-6,8-11H,7,12-13H2,1-3H3,(H3,20,21,22). The highest BCUT2D eigenvalue weighted by Crippen LogP contribution is 2.23. The first-order valence-electron chi connectivity index (χ1n) is 8.01. The maximum Gasteiger partial charge on any atom is 0.193 e. The molecule has 0 fully saturated rings. The normalized spacial score (nSPS) is 11.2. The summed E-state index contributed by atoms with van der Waals surface area (Å²) in [6.45, 7) is 5.31. The van der Waals surface area contributed by atoms with Crippen LogP contribution < -0.4 is 20.5 Å². The van der Waals surface area contributed by atoms with Gasteiger partial charge in [-0.2, -0.15) is 0 Å². The highest BCUT2D eigenvalue weighted by atomic mass is 16.5. The van der Waals surface area contributed by atoms with Crippen LogP contribution in [-0.2, 0) is 0 Å². The summed E-state index contributed by atoms with van der Waals surface area (Å²) in [5, 5.41) is 3.05. The van der Waals surface area contributed by atoms with Gasteiger partial charge in [0.05, 0.1) is 19.4 Å². The first kappa shape index (κ1) is 17.7. The third-order valence-electron chi connectivity index (χ3n) is 3.61. The number of anilines is 1. The van der Waals surface area contributed by atoms with Crippen LogP contribution in [0.3, 0.4) is 0 Å². The number of para-hydroxylation sites is 3. The zero-order valence-corrected chi connectivity index (χ0v) is 14.5. The molecule has 0 aliphatic rings. The molecule has 0 aliphatic heterocycles. The van der Waals surface area contributed by atoms with Gasteiger partial charge in [0.25, 0.3) is 0 Å². The summed E-state index contributed by atoms with van der Waals surface area (Å²) in [7, 11) is 1.62. The van der Waals surface area contributed by atoms with Gasteiger partial charge in [0.15, 0.2) is 5.96 Å². The van der Waals surface area contributed by atoms with E-state index in [1.165, 1.54) is 0 Å². The van der Waals surface area contributed by atoms with Crippen LogP contribution in [0.2, 0.25) is 0 Å². The Morgan fingerprint density at radius 1 is 1.08 bits per heavy atom. The molecule has 0 spiro atoms. The molecular weight excluding hydrogens is 302 g/mol. The molecule has 0 bridgehead atoms. The number of guanidine groups is 1. The van der Waals surface area contributed by atoms with Crippen LogP contribution in [0.25, 0.3) is 0 Å². The van der Waals surface area contributed by atoms with Crippen LogP contribution in [0.1, 0.15) is 17.5 Å². The fourth-order valence-corrected chi connectivity index (χ4v) is 2.39. The molecule has 2 aromatic carbocycles. The van der Waals surface area contributed by atoms with Gasteiger partial charge in [-0.15, -0.1) is 0 Å². The lowest BCUT2D eigenvalue weighted by Crippen LogP contribution is -2.23. The maximum atomic E-state index is 5.91. The highest BCUT2D eigenvalue weighted by Gasteiger charge is 2.03. The van der Waals surface area contributed by atoms with Gasteiger partial charge in [0.1, 0.15) is 11.5 Å². The summed E-state index contributed by atoms with van der Waals surface area (Å²) in [5.41, 5.74) is 9.01. The predicted molar refractivity (Wildman–Crippen MR) is 99.1 cm³/mol. The van der Waals surface area contributed by atoms with Gasteiger partial charge < -0.3 is 20.5 Å². The summed E-state index contributed by atoms with van der Waals surface area (Å²) in [4.78, 5) is 4.32. The van der Waals surface area contributed by atoms with Crippen molar-refractivity contribution >= 4 is 11.6 Å². The second-order valence-corrected chi connectivity index (χ2v) is 5.52. The van der Waals surface area contributed by atoms with Crippen LogP contribution in [0, 0.1) is 13.8 Å². The average molecular weight is 327 g/mol. The molecule has 0 radical (unpaired) electrons. The van der Waals surface area contributed by atoms with Crippen LogP contribution >= 0.6 is 0 Å². The zero-order valence-electron chi connectivity index (χ0n) is 14.5. The van der Waals surface area contributed by atoms with E-state index in [2.05, 4.69) is 36.3 Å². The largest absolute Gasteiger partial charge is 0.495 e. The minimum absolute atomic E-state index is 0.367. The summed E-state index contributed by atoms with van der Waals surface area (Å²) < 4.78 is 11.1. The van der Waals surface area contributed by atoms with Crippen molar-refractivity contribution < 1.29 is 9.47 Å². The number of nitrogens with two attached hydrogens (primary N) is 1. The van der Waals surface area contributed by atoms with Gasteiger partial charge in [-0.1, -0.05) is 30.3 Å². The summed E-state index contributed by atoms with van der Waals surface area (Å²) in [5.74, 6) is 2.06. The van der Waals surface area contributed by atoms with Crippen molar-refractivity contribution in [3.8, 4) is 11.5 Å².